The quantitative estimate of drug-likeness (QED) is 0.705. The summed E-state index contributed by atoms with van der Waals surface area (Å²) in [6.45, 7) is 2.77. The van der Waals surface area contributed by atoms with Crippen LogP contribution >= 0.6 is 0 Å². The molecule has 0 unspecified atom stereocenters. The lowest BCUT2D eigenvalue weighted by Gasteiger charge is -2.12. The van der Waals surface area contributed by atoms with Crippen LogP contribution in [0.25, 0.3) is 0 Å². The summed E-state index contributed by atoms with van der Waals surface area (Å²) in [6.07, 6.45) is 8.73. The van der Waals surface area contributed by atoms with E-state index in [1.807, 2.05) is 23.0 Å². The number of nitrogens with one attached hydrogen (secondary N) is 2. The fraction of sp³-hybridized carbons (Fsp3) is 0.667. The van der Waals surface area contributed by atoms with Gasteiger partial charge in [-0.2, -0.15) is 0 Å². The van der Waals surface area contributed by atoms with Crippen LogP contribution in [0.2, 0.25) is 0 Å². The third kappa shape index (κ3) is 4.98. The van der Waals surface area contributed by atoms with Crippen LogP contribution in [0.5, 0.6) is 0 Å². The summed E-state index contributed by atoms with van der Waals surface area (Å²) in [4.78, 5) is 11.9. The summed E-state index contributed by atoms with van der Waals surface area (Å²) in [5, 5.41) is 6.39. The molecular formula is C15H25N3O2. The van der Waals surface area contributed by atoms with Gasteiger partial charge in [-0.05, 0) is 24.5 Å². The Kier molecular flexibility index (Phi) is 6.08. The molecule has 1 amide bonds. The van der Waals surface area contributed by atoms with Crippen LogP contribution in [0.3, 0.4) is 0 Å². The van der Waals surface area contributed by atoms with Gasteiger partial charge < -0.3 is 19.9 Å². The molecule has 0 atom stereocenters. The smallest absolute Gasteiger partial charge is 0.240 e. The lowest BCUT2D eigenvalue weighted by atomic mass is 10.2. The molecule has 0 aromatic carbocycles. The number of amides is 1. The molecule has 0 spiro atoms. The van der Waals surface area contributed by atoms with Crippen molar-refractivity contribution in [3.05, 3.63) is 24.0 Å². The second-order valence-electron chi connectivity index (χ2n) is 5.41. The number of hydrogen-bond acceptors (Lipinski definition) is 3. The van der Waals surface area contributed by atoms with Crippen LogP contribution in [0.1, 0.15) is 31.2 Å². The first-order chi connectivity index (χ1) is 9.78. The van der Waals surface area contributed by atoms with E-state index in [1.165, 1.54) is 18.4 Å². The molecule has 0 aliphatic heterocycles. The maximum absolute atomic E-state index is 11.9. The standard InChI is InChI=1S/C15H25N3O2/c1-20-9-7-16-10-13-6-8-18(11-13)12-15(19)17-14-4-2-3-5-14/h6,8,11,14,16H,2-5,7,9-10,12H2,1H3,(H,17,19). The molecule has 112 valence electrons. The molecule has 1 aromatic rings. The van der Waals surface area contributed by atoms with E-state index in [0.717, 1.165) is 25.9 Å². The monoisotopic (exact) mass is 279 g/mol. The normalized spacial score (nSPS) is 15.7. The van der Waals surface area contributed by atoms with Crippen molar-refractivity contribution in [3.63, 3.8) is 0 Å². The summed E-state index contributed by atoms with van der Waals surface area (Å²) in [6, 6.07) is 2.44. The van der Waals surface area contributed by atoms with Crippen LogP contribution < -0.4 is 10.6 Å². The highest BCUT2D eigenvalue weighted by atomic mass is 16.5. The van der Waals surface area contributed by atoms with Crippen molar-refractivity contribution < 1.29 is 9.53 Å². The number of nitrogens with zero attached hydrogens (tertiary/aromatic N) is 1. The van der Waals surface area contributed by atoms with Crippen LogP contribution in [-0.2, 0) is 22.6 Å². The number of methoxy groups -OCH3 is 1. The van der Waals surface area contributed by atoms with Gasteiger partial charge in [0.1, 0.15) is 6.54 Å². The average molecular weight is 279 g/mol. The van der Waals surface area contributed by atoms with Gasteiger partial charge in [-0.15, -0.1) is 0 Å². The van der Waals surface area contributed by atoms with Gasteiger partial charge in [-0.3, -0.25) is 4.79 Å². The lowest BCUT2D eigenvalue weighted by Crippen LogP contribution is -2.34. The van der Waals surface area contributed by atoms with Gasteiger partial charge in [-0.1, -0.05) is 12.8 Å². The molecule has 0 saturated heterocycles. The molecular weight excluding hydrogens is 254 g/mol. The van der Waals surface area contributed by atoms with Crippen LogP contribution in [0.4, 0.5) is 0 Å². The number of aromatic nitrogens is 1. The van der Waals surface area contributed by atoms with Crippen molar-refractivity contribution >= 4 is 5.91 Å². The number of ether oxygens (including phenoxy) is 1. The van der Waals surface area contributed by atoms with Gasteiger partial charge in [0.05, 0.1) is 6.61 Å². The van der Waals surface area contributed by atoms with E-state index in [4.69, 9.17) is 4.74 Å². The minimum absolute atomic E-state index is 0.117. The highest BCUT2D eigenvalue weighted by molar-refractivity contribution is 5.76. The molecule has 1 heterocycles. The lowest BCUT2D eigenvalue weighted by molar-refractivity contribution is -0.122. The Labute approximate surface area is 120 Å². The fourth-order valence-electron chi connectivity index (χ4n) is 2.61. The zero-order valence-corrected chi connectivity index (χ0v) is 12.2. The molecule has 20 heavy (non-hydrogen) atoms. The molecule has 5 heteroatoms. The minimum atomic E-state index is 0.117. The predicted molar refractivity (Wildman–Crippen MR) is 78.4 cm³/mol. The zero-order chi connectivity index (χ0) is 14.2. The maximum atomic E-state index is 11.9. The van der Waals surface area contributed by atoms with Crippen molar-refractivity contribution in [1.82, 2.24) is 15.2 Å². The van der Waals surface area contributed by atoms with E-state index in [0.29, 0.717) is 19.2 Å². The Morgan fingerprint density at radius 3 is 3.00 bits per heavy atom. The van der Waals surface area contributed by atoms with Crippen molar-refractivity contribution in [2.45, 2.75) is 44.8 Å². The Bertz CT molecular complexity index is 411. The number of rotatable bonds is 8. The van der Waals surface area contributed by atoms with Gasteiger partial charge in [0, 0.05) is 38.6 Å². The van der Waals surface area contributed by atoms with E-state index in [-0.39, 0.29) is 5.91 Å². The Balaban J connectivity index is 1.69. The third-order valence-corrected chi connectivity index (χ3v) is 3.67. The van der Waals surface area contributed by atoms with Gasteiger partial charge in [0.25, 0.3) is 0 Å². The number of hydrogen-bond donors (Lipinski definition) is 2. The largest absolute Gasteiger partial charge is 0.383 e. The predicted octanol–water partition coefficient (Wildman–Crippen LogP) is 1.28. The summed E-state index contributed by atoms with van der Waals surface area (Å²) >= 11 is 0. The second kappa shape index (κ2) is 8.07. The number of carbonyl (C=O) groups excluding carboxylic acids is 1. The van der Waals surface area contributed by atoms with E-state index >= 15 is 0 Å². The topological polar surface area (TPSA) is 55.3 Å². The van der Waals surface area contributed by atoms with E-state index in [2.05, 4.69) is 10.6 Å². The van der Waals surface area contributed by atoms with Crippen molar-refractivity contribution in [3.8, 4) is 0 Å². The second-order valence-corrected chi connectivity index (χ2v) is 5.41. The Hall–Kier alpha value is -1.33. The Morgan fingerprint density at radius 1 is 1.45 bits per heavy atom. The van der Waals surface area contributed by atoms with Gasteiger partial charge in [0.15, 0.2) is 0 Å². The highest BCUT2D eigenvalue weighted by Crippen LogP contribution is 2.17. The molecule has 1 aliphatic rings. The fourth-order valence-corrected chi connectivity index (χ4v) is 2.61. The molecule has 0 bridgehead atoms. The SMILES string of the molecule is COCCNCc1ccn(CC(=O)NC2CCCC2)c1. The molecule has 2 N–H and O–H groups in total. The van der Waals surface area contributed by atoms with E-state index in [1.54, 1.807) is 7.11 Å². The average Bonchev–Trinajstić information content (AvgIpc) is 3.07. The van der Waals surface area contributed by atoms with Crippen molar-refractivity contribution in [2.75, 3.05) is 20.3 Å². The first kappa shape index (κ1) is 15.1. The third-order valence-electron chi connectivity index (χ3n) is 3.67. The molecule has 5 nitrogen and oxygen atoms in total. The Morgan fingerprint density at radius 2 is 2.25 bits per heavy atom. The first-order valence-electron chi connectivity index (χ1n) is 7.41. The molecule has 1 aromatic heterocycles. The van der Waals surface area contributed by atoms with Gasteiger partial charge in [0.2, 0.25) is 5.91 Å². The van der Waals surface area contributed by atoms with Gasteiger partial charge >= 0.3 is 0 Å². The van der Waals surface area contributed by atoms with Crippen LogP contribution in [0.15, 0.2) is 18.5 Å². The molecule has 0 radical (unpaired) electrons. The first-order valence-corrected chi connectivity index (χ1v) is 7.41. The van der Waals surface area contributed by atoms with Gasteiger partial charge in [-0.25, -0.2) is 0 Å². The van der Waals surface area contributed by atoms with Crippen molar-refractivity contribution in [1.29, 1.82) is 0 Å². The van der Waals surface area contributed by atoms with Crippen molar-refractivity contribution in [2.24, 2.45) is 0 Å². The van der Waals surface area contributed by atoms with E-state index < -0.39 is 0 Å². The molecule has 1 saturated carbocycles. The summed E-state index contributed by atoms with van der Waals surface area (Å²) in [7, 11) is 1.70. The molecule has 1 aliphatic carbocycles. The van der Waals surface area contributed by atoms with Crippen LogP contribution in [-0.4, -0.2) is 36.8 Å². The zero-order valence-electron chi connectivity index (χ0n) is 12.2. The minimum Gasteiger partial charge on any atom is -0.383 e. The van der Waals surface area contributed by atoms with E-state index in [9.17, 15) is 4.79 Å². The maximum Gasteiger partial charge on any atom is 0.240 e. The summed E-state index contributed by atoms with van der Waals surface area (Å²) in [5.41, 5.74) is 1.19. The molecule has 2 rings (SSSR count). The summed E-state index contributed by atoms with van der Waals surface area (Å²) in [5.74, 6) is 0.117. The van der Waals surface area contributed by atoms with Crippen LogP contribution in [0, 0.1) is 0 Å². The summed E-state index contributed by atoms with van der Waals surface area (Å²) < 4.78 is 6.92. The molecule has 1 fully saturated rings. The highest BCUT2D eigenvalue weighted by Gasteiger charge is 2.16. The number of carbonyl (C=O) groups is 1.